The second-order valence-corrected chi connectivity index (χ2v) is 3.97. The number of phenols is 1. The van der Waals surface area contributed by atoms with Crippen molar-refractivity contribution in [3.63, 3.8) is 0 Å². The fourth-order valence-corrected chi connectivity index (χ4v) is 1.73. The summed E-state index contributed by atoms with van der Waals surface area (Å²) < 4.78 is 4.98. The predicted molar refractivity (Wildman–Crippen MR) is 65.2 cm³/mol. The first-order valence-corrected chi connectivity index (χ1v) is 5.49. The number of amides is 1. The highest BCUT2D eigenvalue weighted by atomic mass is 16.5. The minimum atomic E-state index is -0.534. The van der Waals surface area contributed by atoms with Gasteiger partial charge in [0.15, 0.2) is 11.5 Å². The molecular formula is C13H13NO4. The molecular weight excluding hydrogens is 234 g/mol. The smallest absolute Gasteiger partial charge is 0.288 e. The van der Waals surface area contributed by atoms with Crippen LogP contribution < -0.4 is 10.1 Å². The monoisotopic (exact) mass is 247 g/mol. The molecule has 2 N–H and O–H groups in total. The topological polar surface area (TPSA) is 75.6 Å². The van der Waals surface area contributed by atoms with Gasteiger partial charge in [0.05, 0.1) is 13.0 Å². The Balaban J connectivity index is 2.14. The van der Waals surface area contributed by atoms with Crippen molar-refractivity contribution in [3.05, 3.63) is 29.8 Å². The number of ether oxygens (including phenoxy) is 1. The zero-order valence-electron chi connectivity index (χ0n) is 9.84. The van der Waals surface area contributed by atoms with E-state index in [-0.39, 0.29) is 5.75 Å². The first-order chi connectivity index (χ1) is 8.61. The molecule has 1 heterocycles. The second kappa shape index (κ2) is 4.91. The summed E-state index contributed by atoms with van der Waals surface area (Å²) in [5, 5.41) is 11.9. The minimum absolute atomic E-state index is 0.0587. The normalized spacial score (nSPS) is 19.3. The lowest BCUT2D eigenvalue weighted by molar-refractivity contribution is -0.135. The SMILES string of the molecule is COc1cc(C=CC2CNC(=O)C2=O)ccc1O. The van der Waals surface area contributed by atoms with E-state index >= 15 is 0 Å². The highest BCUT2D eigenvalue weighted by Crippen LogP contribution is 2.27. The van der Waals surface area contributed by atoms with Crippen LogP contribution >= 0.6 is 0 Å². The summed E-state index contributed by atoms with van der Waals surface area (Å²) >= 11 is 0. The first kappa shape index (κ1) is 12.2. The van der Waals surface area contributed by atoms with E-state index in [9.17, 15) is 14.7 Å². The number of ketones is 1. The summed E-state index contributed by atoms with van der Waals surface area (Å²) in [5.41, 5.74) is 0.789. The van der Waals surface area contributed by atoms with Crippen LogP contribution in [0.1, 0.15) is 5.56 Å². The lowest BCUT2D eigenvalue weighted by Gasteiger charge is -2.04. The molecule has 0 spiro atoms. The number of hydrogen-bond acceptors (Lipinski definition) is 4. The molecule has 5 heteroatoms. The van der Waals surface area contributed by atoms with E-state index in [1.165, 1.54) is 13.2 Å². The van der Waals surface area contributed by atoms with Gasteiger partial charge in [0.25, 0.3) is 5.91 Å². The summed E-state index contributed by atoms with van der Waals surface area (Å²) in [6.45, 7) is 0.337. The van der Waals surface area contributed by atoms with Gasteiger partial charge in [-0.1, -0.05) is 18.2 Å². The largest absolute Gasteiger partial charge is 0.504 e. The first-order valence-electron chi connectivity index (χ1n) is 5.49. The quantitative estimate of drug-likeness (QED) is 0.772. The average Bonchev–Trinajstić information content (AvgIpc) is 2.69. The van der Waals surface area contributed by atoms with Crippen LogP contribution in [0.5, 0.6) is 11.5 Å². The Morgan fingerprint density at radius 2 is 2.22 bits per heavy atom. The fraction of sp³-hybridized carbons (Fsp3) is 0.231. The number of phenolic OH excluding ortho intramolecular Hbond substituents is 1. The van der Waals surface area contributed by atoms with Crippen molar-refractivity contribution in [2.24, 2.45) is 5.92 Å². The summed E-state index contributed by atoms with van der Waals surface area (Å²) in [7, 11) is 1.46. The molecule has 1 saturated heterocycles. The molecule has 0 bridgehead atoms. The zero-order chi connectivity index (χ0) is 13.1. The Labute approximate surface area is 104 Å². The molecule has 1 fully saturated rings. The van der Waals surface area contributed by atoms with Crippen molar-refractivity contribution in [2.75, 3.05) is 13.7 Å². The van der Waals surface area contributed by atoms with E-state index in [0.717, 1.165) is 5.56 Å². The van der Waals surface area contributed by atoms with Crippen LogP contribution in [0.3, 0.4) is 0 Å². The molecule has 0 saturated carbocycles. The molecule has 1 aliphatic rings. The summed E-state index contributed by atoms with van der Waals surface area (Å²) in [6.07, 6.45) is 3.40. The van der Waals surface area contributed by atoms with E-state index in [1.54, 1.807) is 24.3 Å². The molecule has 2 rings (SSSR count). The highest BCUT2D eigenvalue weighted by molar-refractivity contribution is 6.39. The number of hydrogen-bond donors (Lipinski definition) is 2. The van der Waals surface area contributed by atoms with Crippen molar-refractivity contribution >= 4 is 17.8 Å². The number of nitrogens with one attached hydrogen (secondary N) is 1. The molecule has 18 heavy (non-hydrogen) atoms. The van der Waals surface area contributed by atoms with Crippen LogP contribution in [0, 0.1) is 5.92 Å². The predicted octanol–water partition coefficient (Wildman–Crippen LogP) is 0.729. The Morgan fingerprint density at radius 3 is 2.83 bits per heavy atom. The van der Waals surface area contributed by atoms with Crippen LogP contribution in [-0.4, -0.2) is 30.5 Å². The number of carbonyl (C=O) groups is 2. The third kappa shape index (κ3) is 2.34. The van der Waals surface area contributed by atoms with Gasteiger partial charge in [-0.15, -0.1) is 0 Å². The third-order valence-electron chi connectivity index (χ3n) is 2.77. The Bertz CT molecular complexity index is 522. The summed E-state index contributed by atoms with van der Waals surface area (Å²) in [5.74, 6) is -0.949. The average molecular weight is 247 g/mol. The fourth-order valence-electron chi connectivity index (χ4n) is 1.73. The Hall–Kier alpha value is -2.30. The number of carbonyl (C=O) groups excluding carboxylic acids is 2. The highest BCUT2D eigenvalue weighted by Gasteiger charge is 2.29. The molecule has 0 radical (unpaired) electrons. The van der Waals surface area contributed by atoms with Gasteiger partial charge in [-0.2, -0.15) is 0 Å². The maximum atomic E-state index is 11.4. The van der Waals surface area contributed by atoms with Gasteiger partial charge in [-0.25, -0.2) is 0 Å². The van der Waals surface area contributed by atoms with E-state index in [0.29, 0.717) is 12.3 Å². The maximum absolute atomic E-state index is 11.4. The van der Waals surface area contributed by atoms with E-state index in [2.05, 4.69) is 5.32 Å². The van der Waals surface area contributed by atoms with Crippen molar-refractivity contribution < 1.29 is 19.4 Å². The Kier molecular flexibility index (Phi) is 3.32. The molecule has 94 valence electrons. The van der Waals surface area contributed by atoms with Crippen molar-refractivity contribution in [1.29, 1.82) is 0 Å². The lowest BCUT2D eigenvalue weighted by atomic mass is 10.1. The lowest BCUT2D eigenvalue weighted by Crippen LogP contribution is -2.18. The van der Waals surface area contributed by atoms with Gasteiger partial charge in [-0.3, -0.25) is 9.59 Å². The van der Waals surface area contributed by atoms with E-state index < -0.39 is 17.6 Å². The van der Waals surface area contributed by atoms with Gasteiger partial charge < -0.3 is 15.2 Å². The van der Waals surface area contributed by atoms with Gasteiger partial charge in [-0.05, 0) is 17.7 Å². The minimum Gasteiger partial charge on any atom is -0.504 e. The van der Waals surface area contributed by atoms with Crippen LogP contribution in [-0.2, 0) is 9.59 Å². The van der Waals surface area contributed by atoms with E-state index in [1.807, 2.05) is 0 Å². The van der Waals surface area contributed by atoms with Crippen LogP contribution in [0.2, 0.25) is 0 Å². The standard InChI is InChI=1S/C13H13NO4/c1-18-11-6-8(3-5-10(11)15)2-4-9-7-14-13(17)12(9)16/h2-6,9,15H,7H2,1H3,(H,14,17). The third-order valence-corrected chi connectivity index (χ3v) is 2.77. The molecule has 5 nitrogen and oxygen atoms in total. The van der Waals surface area contributed by atoms with Crippen molar-refractivity contribution in [3.8, 4) is 11.5 Å². The van der Waals surface area contributed by atoms with Crippen LogP contribution in [0.15, 0.2) is 24.3 Å². The number of rotatable bonds is 3. The number of aromatic hydroxyl groups is 1. The number of benzene rings is 1. The van der Waals surface area contributed by atoms with Gasteiger partial charge in [0.2, 0.25) is 5.78 Å². The number of methoxy groups -OCH3 is 1. The van der Waals surface area contributed by atoms with Gasteiger partial charge >= 0.3 is 0 Å². The van der Waals surface area contributed by atoms with Crippen molar-refractivity contribution in [2.45, 2.75) is 0 Å². The second-order valence-electron chi connectivity index (χ2n) is 3.97. The molecule has 1 aromatic carbocycles. The molecule has 0 aromatic heterocycles. The molecule has 1 aliphatic heterocycles. The summed E-state index contributed by atoms with van der Waals surface area (Å²) in [4.78, 5) is 22.4. The molecule has 1 aromatic rings. The number of Topliss-reactive ketones (excluding diaryl/α,β-unsaturated/α-hetero) is 1. The Morgan fingerprint density at radius 1 is 1.44 bits per heavy atom. The van der Waals surface area contributed by atoms with Gasteiger partial charge in [0.1, 0.15) is 0 Å². The molecule has 1 atom stereocenters. The molecule has 1 amide bonds. The zero-order valence-corrected chi connectivity index (χ0v) is 9.84. The molecule has 1 unspecified atom stereocenters. The van der Waals surface area contributed by atoms with E-state index in [4.69, 9.17) is 4.74 Å². The van der Waals surface area contributed by atoms with Gasteiger partial charge in [0, 0.05) is 6.54 Å². The van der Waals surface area contributed by atoms with Crippen molar-refractivity contribution in [1.82, 2.24) is 5.32 Å². The molecule has 0 aliphatic carbocycles. The summed E-state index contributed by atoms with van der Waals surface area (Å²) in [6, 6.07) is 4.86. The van der Waals surface area contributed by atoms with Crippen LogP contribution in [0.4, 0.5) is 0 Å². The van der Waals surface area contributed by atoms with Crippen LogP contribution in [0.25, 0.3) is 6.08 Å². The maximum Gasteiger partial charge on any atom is 0.288 e.